The fourth-order valence-corrected chi connectivity index (χ4v) is 3.00. The van der Waals surface area contributed by atoms with E-state index in [2.05, 4.69) is 29.3 Å². The smallest absolute Gasteiger partial charge is 0.226 e. The molecule has 5 heteroatoms. The molecule has 0 aliphatic heterocycles. The average Bonchev–Trinajstić information content (AvgIpc) is 2.86. The number of hydrogen-bond acceptors (Lipinski definition) is 3. The second-order valence-corrected chi connectivity index (χ2v) is 6.41. The van der Waals surface area contributed by atoms with E-state index in [1.807, 2.05) is 26.0 Å². The minimum Gasteiger partial charge on any atom is -0.349 e. The van der Waals surface area contributed by atoms with Crippen LogP contribution < -0.4 is 0 Å². The molecule has 3 rings (SSSR count). The van der Waals surface area contributed by atoms with E-state index in [1.165, 1.54) is 0 Å². The summed E-state index contributed by atoms with van der Waals surface area (Å²) in [5, 5.41) is 8.37. The van der Waals surface area contributed by atoms with E-state index in [0.717, 1.165) is 44.7 Å². The van der Waals surface area contributed by atoms with E-state index in [1.54, 1.807) is 19.0 Å². The normalized spacial score (nSPS) is 11.0. The third kappa shape index (κ3) is 2.77. The van der Waals surface area contributed by atoms with Crippen LogP contribution in [-0.2, 0) is 11.2 Å². The topological polar surface area (TPSA) is 61.9 Å². The summed E-state index contributed by atoms with van der Waals surface area (Å²) in [5.74, 6) is 0.0722. The van der Waals surface area contributed by atoms with Crippen LogP contribution in [0.3, 0.4) is 0 Å². The third-order valence-electron chi connectivity index (χ3n) is 4.35. The number of aryl methyl sites for hydroxylation is 3. The van der Waals surface area contributed by atoms with E-state index >= 15 is 0 Å². The number of nitrogens with zero attached hydrogens (tertiary/aromatic N) is 3. The summed E-state index contributed by atoms with van der Waals surface area (Å²) in [6, 6.07) is 8.11. The zero-order chi connectivity index (χ0) is 17.4. The van der Waals surface area contributed by atoms with Gasteiger partial charge in [-0.3, -0.25) is 9.89 Å². The number of H-pyrrole nitrogens is 1. The van der Waals surface area contributed by atoms with Gasteiger partial charge < -0.3 is 4.90 Å². The van der Waals surface area contributed by atoms with Gasteiger partial charge in [0.05, 0.1) is 23.3 Å². The molecule has 0 atom stereocenters. The molecular formula is C19H22N4O. The number of aromatic amines is 1. The fraction of sp³-hybridized carbons (Fsp3) is 0.316. The molecule has 0 aliphatic carbocycles. The number of para-hydroxylation sites is 1. The maximum absolute atomic E-state index is 12.1. The summed E-state index contributed by atoms with van der Waals surface area (Å²) in [5.41, 5.74) is 6.86. The van der Waals surface area contributed by atoms with E-state index in [9.17, 15) is 4.79 Å². The Morgan fingerprint density at radius 2 is 1.96 bits per heavy atom. The molecule has 0 spiro atoms. The molecule has 1 N–H and O–H groups in total. The fourth-order valence-electron chi connectivity index (χ4n) is 3.00. The van der Waals surface area contributed by atoms with Crippen molar-refractivity contribution < 1.29 is 4.79 Å². The van der Waals surface area contributed by atoms with Crippen molar-refractivity contribution in [2.75, 3.05) is 14.1 Å². The van der Waals surface area contributed by atoms with Gasteiger partial charge in [0.1, 0.15) is 0 Å². The predicted octanol–water partition coefficient (Wildman–Crippen LogP) is 3.18. The summed E-state index contributed by atoms with van der Waals surface area (Å²) in [7, 11) is 3.55. The number of fused-ring (bicyclic) bond motifs is 1. The molecule has 24 heavy (non-hydrogen) atoms. The van der Waals surface area contributed by atoms with Crippen LogP contribution in [0.2, 0.25) is 0 Å². The Labute approximate surface area is 141 Å². The van der Waals surface area contributed by atoms with E-state index in [0.29, 0.717) is 6.42 Å². The lowest BCUT2D eigenvalue weighted by atomic mass is 10.00. The number of amides is 1. The zero-order valence-corrected chi connectivity index (χ0v) is 14.8. The van der Waals surface area contributed by atoms with Crippen LogP contribution in [0.15, 0.2) is 24.3 Å². The van der Waals surface area contributed by atoms with Crippen LogP contribution in [0, 0.1) is 20.8 Å². The number of carbonyl (C=O) groups is 1. The molecule has 1 amide bonds. The van der Waals surface area contributed by atoms with Crippen molar-refractivity contribution in [2.45, 2.75) is 27.2 Å². The molecule has 5 nitrogen and oxygen atoms in total. The van der Waals surface area contributed by atoms with Gasteiger partial charge in [0.2, 0.25) is 5.91 Å². The number of pyridine rings is 1. The molecular weight excluding hydrogens is 300 g/mol. The highest BCUT2D eigenvalue weighted by molar-refractivity contribution is 5.91. The molecule has 2 aromatic heterocycles. The maximum Gasteiger partial charge on any atom is 0.226 e. The lowest BCUT2D eigenvalue weighted by Crippen LogP contribution is -2.23. The van der Waals surface area contributed by atoms with Crippen molar-refractivity contribution in [1.29, 1.82) is 0 Å². The van der Waals surface area contributed by atoms with E-state index in [-0.39, 0.29) is 5.91 Å². The Kier molecular flexibility index (Phi) is 4.09. The second kappa shape index (κ2) is 6.07. The van der Waals surface area contributed by atoms with Crippen LogP contribution in [0.1, 0.15) is 22.5 Å². The minimum atomic E-state index is 0.0722. The first-order chi connectivity index (χ1) is 11.4. The summed E-state index contributed by atoms with van der Waals surface area (Å²) >= 11 is 0. The zero-order valence-electron chi connectivity index (χ0n) is 14.8. The Morgan fingerprint density at radius 3 is 2.58 bits per heavy atom. The first-order valence-electron chi connectivity index (χ1n) is 8.00. The number of aromatic nitrogens is 3. The summed E-state index contributed by atoms with van der Waals surface area (Å²) < 4.78 is 0. The highest BCUT2D eigenvalue weighted by atomic mass is 16.2. The minimum absolute atomic E-state index is 0.0722. The van der Waals surface area contributed by atoms with Gasteiger partial charge in [-0.2, -0.15) is 5.10 Å². The molecule has 0 fully saturated rings. The third-order valence-corrected chi connectivity index (χ3v) is 4.35. The first kappa shape index (κ1) is 16.2. The molecule has 124 valence electrons. The number of nitrogens with one attached hydrogen (secondary N) is 1. The van der Waals surface area contributed by atoms with E-state index < -0.39 is 0 Å². The largest absolute Gasteiger partial charge is 0.349 e. The van der Waals surface area contributed by atoms with Crippen LogP contribution in [0.5, 0.6) is 0 Å². The molecule has 3 aromatic rings. The number of hydrogen-bond donors (Lipinski definition) is 1. The van der Waals surface area contributed by atoms with Gasteiger partial charge in [-0.05, 0) is 38.0 Å². The molecule has 1 aromatic carbocycles. The van der Waals surface area contributed by atoms with Crippen LogP contribution in [-0.4, -0.2) is 40.1 Å². The van der Waals surface area contributed by atoms with Gasteiger partial charge in [-0.1, -0.05) is 18.2 Å². The second-order valence-electron chi connectivity index (χ2n) is 6.41. The van der Waals surface area contributed by atoms with Gasteiger partial charge in [0, 0.05) is 30.7 Å². The summed E-state index contributed by atoms with van der Waals surface area (Å²) in [4.78, 5) is 18.6. The Bertz CT molecular complexity index is 905. The number of carbonyl (C=O) groups excluding carboxylic acids is 1. The highest BCUT2D eigenvalue weighted by Crippen LogP contribution is 2.29. The number of likely N-dealkylation sites (N-methyl/N-ethyl adjacent to an activating group) is 1. The Morgan fingerprint density at radius 1 is 1.21 bits per heavy atom. The lowest BCUT2D eigenvalue weighted by Gasteiger charge is -2.13. The average molecular weight is 322 g/mol. The van der Waals surface area contributed by atoms with E-state index in [4.69, 9.17) is 4.98 Å². The van der Waals surface area contributed by atoms with Crippen molar-refractivity contribution in [3.8, 4) is 11.3 Å². The molecule has 0 saturated carbocycles. The monoisotopic (exact) mass is 322 g/mol. The lowest BCUT2D eigenvalue weighted by molar-refractivity contribution is -0.127. The van der Waals surface area contributed by atoms with Crippen LogP contribution in [0.4, 0.5) is 0 Å². The van der Waals surface area contributed by atoms with Crippen molar-refractivity contribution in [1.82, 2.24) is 20.1 Å². The van der Waals surface area contributed by atoms with Crippen molar-refractivity contribution >= 4 is 16.8 Å². The van der Waals surface area contributed by atoms with Gasteiger partial charge in [-0.25, -0.2) is 4.98 Å². The Hall–Kier alpha value is -2.69. The molecule has 0 radical (unpaired) electrons. The van der Waals surface area contributed by atoms with Crippen molar-refractivity contribution in [3.63, 3.8) is 0 Å². The molecule has 0 saturated heterocycles. The highest BCUT2D eigenvalue weighted by Gasteiger charge is 2.15. The molecule has 0 bridgehead atoms. The molecule has 2 heterocycles. The summed E-state index contributed by atoms with van der Waals surface area (Å²) in [6.45, 7) is 6.05. The van der Waals surface area contributed by atoms with Gasteiger partial charge in [-0.15, -0.1) is 0 Å². The standard InChI is InChI=1S/C19H22N4O/c1-11-9-16(18-12(2)21-22-13(18)3)20-19-14(7-6-8-15(11)19)10-17(24)23(4)5/h6-9H,10H2,1-5H3,(H,21,22). The number of rotatable bonds is 3. The summed E-state index contributed by atoms with van der Waals surface area (Å²) in [6.07, 6.45) is 0.351. The maximum atomic E-state index is 12.1. The van der Waals surface area contributed by atoms with Gasteiger partial charge in [0.15, 0.2) is 0 Å². The molecule has 0 unspecified atom stereocenters. The SMILES string of the molecule is Cc1n[nH]c(C)c1-c1cc(C)c2cccc(CC(=O)N(C)C)c2n1. The molecule has 0 aliphatic rings. The first-order valence-corrected chi connectivity index (χ1v) is 8.00. The van der Waals surface area contributed by atoms with Gasteiger partial charge in [0.25, 0.3) is 0 Å². The predicted molar refractivity (Wildman–Crippen MR) is 95.9 cm³/mol. The Balaban J connectivity index is 2.20. The number of benzene rings is 1. The van der Waals surface area contributed by atoms with Gasteiger partial charge >= 0.3 is 0 Å². The van der Waals surface area contributed by atoms with Crippen molar-refractivity contribution in [2.24, 2.45) is 0 Å². The van der Waals surface area contributed by atoms with Crippen LogP contribution in [0.25, 0.3) is 22.2 Å². The van der Waals surface area contributed by atoms with Crippen molar-refractivity contribution in [3.05, 3.63) is 46.8 Å². The quantitative estimate of drug-likeness (QED) is 0.805. The van der Waals surface area contributed by atoms with Crippen LogP contribution >= 0.6 is 0 Å².